The van der Waals surface area contributed by atoms with Crippen LogP contribution in [0.25, 0.3) is 11.6 Å². The molecule has 154 valence electrons. The Hall–Kier alpha value is -2.64. The highest BCUT2D eigenvalue weighted by Crippen LogP contribution is 2.38. The third kappa shape index (κ3) is 3.93. The van der Waals surface area contributed by atoms with E-state index in [0.717, 1.165) is 16.7 Å². The number of amides is 1. The molecule has 6 nitrogen and oxygen atoms in total. The first-order valence-corrected chi connectivity index (χ1v) is 11.0. The molecule has 2 aromatic rings. The van der Waals surface area contributed by atoms with Crippen molar-refractivity contribution in [2.75, 3.05) is 12.4 Å². The lowest BCUT2D eigenvalue weighted by atomic mass is 9.90. The van der Waals surface area contributed by atoms with Crippen molar-refractivity contribution in [2.45, 2.75) is 44.4 Å². The van der Waals surface area contributed by atoms with Crippen LogP contribution in [0.2, 0.25) is 0 Å². The second-order valence-corrected chi connectivity index (χ2v) is 9.67. The molecule has 2 aromatic carbocycles. The zero-order valence-corrected chi connectivity index (χ0v) is 18.0. The monoisotopic (exact) mass is 414 g/mol. The molecule has 1 aliphatic rings. The lowest BCUT2D eigenvalue weighted by Gasteiger charge is -2.16. The minimum atomic E-state index is -3.62. The van der Waals surface area contributed by atoms with Crippen LogP contribution in [0.4, 0.5) is 5.69 Å². The third-order valence-corrected chi connectivity index (χ3v) is 6.51. The smallest absolute Gasteiger partial charge is 0.256 e. The van der Waals surface area contributed by atoms with Crippen molar-refractivity contribution in [1.29, 1.82) is 0 Å². The van der Waals surface area contributed by atoms with E-state index in [2.05, 4.69) is 10.0 Å². The molecule has 3 N–H and O–H groups in total. The van der Waals surface area contributed by atoms with Gasteiger partial charge in [0.1, 0.15) is 5.75 Å². The molecule has 3 rings (SSSR count). The summed E-state index contributed by atoms with van der Waals surface area (Å²) in [6.07, 6.45) is 1.74. The number of aromatic hydroxyl groups is 1. The molecule has 1 heterocycles. The van der Waals surface area contributed by atoms with Crippen LogP contribution in [0.15, 0.2) is 35.2 Å². The number of nitrogens with one attached hydrogen (secondary N) is 2. The summed E-state index contributed by atoms with van der Waals surface area (Å²) in [7, 11) is -2.28. The van der Waals surface area contributed by atoms with Gasteiger partial charge in [0.2, 0.25) is 10.0 Å². The Kier molecular flexibility index (Phi) is 5.56. The lowest BCUT2D eigenvalue weighted by molar-refractivity contribution is -0.110. The van der Waals surface area contributed by atoms with Crippen LogP contribution in [0.3, 0.4) is 0 Å². The van der Waals surface area contributed by atoms with Gasteiger partial charge in [-0.05, 0) is 72.0 Å². The molecule has 7 heteroatoms. The number of carbonyl (C=O) groups excluding carboxylic acids is 1. The molecule has 0 atom stereocenters. The summed E-state index contributed by atoms with van der Waals surface area (Å²) in [6.45, 7) is 8.01. The van der Waals surface area contributed by atoms with Gasteiger partial charge in [0, 0.05) is 16.8 Å². The fraction of sp³-hybridized carbons (Fsp3) is 0.318. The summed E-state index contributed by atoms with van der Waals surface area (Å²) >= 11 is 0. The van der Waals surface area contributed by atoms with Gasteiger partial charge in [-0.1, -0.05) is 27.7 Å². The minimum Gasteiger partial charge on any atom is -0.507 e. The number of phenols is 1. The first-order valence-electron chi connectivity index (χ1n) is 9.53. The molecule has 0 bridgehead atoms. The Bertz CT molecular complexity index is 1090. The molecule has 0 aromatic heterocycles. The molecule has 29 heavy (non-hydrogen) atoms. The summed E-state index contributed by atoms with van der Waals surface area (Å²) < 4.78 is 26.6. The standard InChI is InChI=1S/C22H26N2O4S/c1-12(2)16-8-14(9-17(13(3)4)21(16)25)10-19-18-11-15(29(27,28)23-5)6-7-20(18)24-22(19)26/h6-13,23,25H,1-5H3,(H,24,26). The number of benzene rings is 2. The van der Waals surface area contributed by atoms with E-state index in [4.69, 9.17) is 0 Å². The van der Waals surface area contributed by atoms with E-state index in [-0.39, 0.29) is 28.4 Å². The Morgan fingerprint density at radius 1 is 1.03 bits per heavy atom. The average Bonchev–Trinajstić information content (AvgIpc) is 2.97. The van der Waals surface area contributed by atoms with Gasteiger partial charge in [0.25, 0.3) is 5.91 Å². The zero-order chi connectivity index (χ0) is 21.5. The van der Waals surface area contributed by atoms with Crippen LogP contribution in [-0.4, -0.2) is 26.5 Å². The molecule has 0 fully saturated rings. The van der Waals surface area contributed by atoms with E-state index in [9.17, 15) is 18.3 Å². The molecule has 0 spiro atoms. The fourth-order valence-electron chi connectivity index (χ4n) is 3.43. The minimum absolute atomic E-state index is 0.0950. The Balaban J connectivity index is 2.18. The van der Waals surface area contributed by atoms with E-state index < -0.39 is 10.0 Å². The summed E-state index contributed by atoms with van der Waals surface area (Å²) in [6, 6.07) is 8.30. The van der Waals surface area contributed by atoms with Gasteiger partial charge in [-0.3, -0.25) is 4.79 Å². The molecular weight excluding hydrogens is 388 g/mol. The van der Waals surface area contributed by atoms with Crippen LogP contribution in [0.5, 0.6) is 5.75 Å². The van der Waals surface area contributed by atoms with Gasteiger partial charge in [0.05, 0.1) is 4.90 Å². The number of hydrogen-bond acceptors (Lipinski definition) is 4. The van der Waals surface area contributed by atoms with E-state index >= 15 is 0 Å². The number of phenolic OH excluding ortho intramolecular Hbond substituents is 1. The van der Waals surface area contributed by atoms with Gasteiger partial charge in [-0.15, -0.1) is 0 Å². The van der Waals surface area contributed by atoms with Crippen molar-refractivity contribution in [2.24, 2.45) is 0 Å². The first kappa shape index (κ1) is 21.1. The van der Waals surface area contributed by atoms with Crippen molar-refractivity contribution < 1.29 is 18.3 Å². The molecular formula is C22H26N2O4S. The van der Waals surface area contributed by atoms with Gasteiger partial charge < -0.3 is 10.4 Å². The van der Waals surface area contributed by atoms with Gasteiger partial charge in [-0.25, -0.2) is 13.1 Å². The van der Waals surface area contributed by atoms with Crippen LogP contribution in [0, 0.1) is 0 Å². The van der Waals surface area contributed by atoms with Crippen LogP contribution >= 0.6 is 0 Å². The fourth-order valence-corrected chi connectivity index (χ4v) is 4.19. The third-order valence-electron chi connectivity index (χ3n) is 5.10. The topological polar surface area (TPSA) is 95.5 Å². The predicted octanol–water partition coefficient (Wildman–Crippen LogP) is 4.04. The SMILES string of the molecule is CNS(=O)(=O)c1ccc2c(c1)C(=Cc1cc(C(C)C)c(O)c(C(C)C)c1)C(=O)N2. The second kappa shape index (κ2) is 7.65. The number of hydrogen-bond donors (Lipinski definition) is 3. The predicted molar refractivity (Wildman–Crippen MR) is 115 cm³/mol. The van der Waals surface area contributed by atoms with Crippen molar-refractivity contribution in [3.8, 4) is 5.75 Å². The van der Waals surface area contributed by atoms with E-state index in [0.29, 0.717) is 16.8 Å². The highest BCUT2D eigenvalue weighted by Gasteiger charge is 2.26. The number of rotatable bonds is 5. The normalized spacial score (nSPS) is 15.3. The van der Waals surface area contributed by atoms with Gasteiger partial charge in [-0.2, -0.15) is 0 Å². The lowest BCUT2D eigenvalue weighted by Crippen LogP contribution is -2.18. The van der Waals surface area contributed by atoms with Crippen LogP contribution < -0.4 is 10.0 Å². The summed E-state index contributed by atoms with van der Waals surface area (Å²) in [4.78, 5) is 12.7. The molecule has 0 aliphatic carbocycles. The maximum atomic E-state index is 12.6. The Labute approximate surface area is 171 Å². The molecule has 0 radical (unpaired) electrons. The number of carbonyl (C=O) groups is 1. The molecule has 0 saturated carbocycles. The van der Waals surface area contributed by atoms with E-state index in [1.807, 2.05) is 39.8 Å². The summed E-state index contributed by atoms with van der Waals surface area (Å²) in [5.74, 6) is 0.228. The van der Waals surface area contributed by atoms with Crippen LogP contribution in [-0.2, 0) is 14.8 Å². The van der Waals surface area contributed by atoms with E-state index in [1.165, 1.54) is 19.2 Å². The first-order chi connectivity index (χ1) is 13.5. The molecule has 1 amide bonds. The van der Waals surface area contributed by atoms with E-state index in [1.54, 1.807) is 12.1 Å². The van der Waals surface area contributed by atoms with Gasteiger partial charge >= 0.3 is 0 Å². The maximum absolute atomic E-state index is 12.6. The highest BCUT2D eigenvalue weighted by atomic mass is 32.2. The maximum Gasteiger partial charge on any atom is 0.256 e. The summed E-state index contributed by atoms with van der Waals surface area (Å²) in [5.41, 5.74) is 3.92. The molecule has 1 aliphatic heterocycles. The van der Waals surface area contributed by atoms with Gasteiger partial charge in [0.15, 0.2) is 0 Å². The summed E-state index contributed by atoms with van der Waals surface area (Å²) in [5, 5.41) is 13.4. The quantitative estimate of drug-likeness (QED) is 0.644. The molecule has 0 saturated heterocycles. The molecule has 0 unspecified atom stereocenters. The Morgan fingerprint density at radius 3 is 2.14 bits per heavy atom. The number of fused-ring (bicyclic) bond motifs is 1. The second-order valence-electron chi connectivity index (χ2n) is 7.78. The van der Waals surface area contributed by atoms with Crippen molar-refractivity contribution in [3.63, 3.8) is 0 Å². The Morgan fingerprint density at radius 2 is 1.62 bits per heavy atom. The largest absolute Gasteiger partial charge is 0.507 e. The van der Waals surface area contributed by atoms with Crippen molar-refractivity contribution in [1.82, 2.24) is 4.72 Å². The van der Waals surface area contributed by atoms with Crippen molar-refractivity contribution in [3.05, 3.63) is 52.6 Å². The van der Waals surface area contributed by atoms with Crippen molar-refractivity contribution >= 4 is 33.3 Å². The number of anilines is 1. The highest BCUT2D eigenvalue weighted by molar-refractivity contribution is 7.89. The van der Waals surface area contributed by atoms with Crippen LogP contribution in [0.1, 0.15) is 61.8 Å². The number of sulfonamides is 1. The average molecular weight is 415 g/mol. The zero-order valence-electron chi connectivity index (χ0n) is 17.2.